The molecule has 0 saturated carbocycles. The summed E-state index contributed by atoms with van der Waals surface area (Å²) in [5.74, 6) is 1.72. The lowest BCUT2D eigenvalue weighted by molar-refractivity contribution is 0.0302. The zero-order valence-corrected chi connectivity index (χ0v) is 10.1. The SMILES string of the molecule is CCNc1nccc(N2CC3CCC(C2)O3)n1. The van der Waals surface area contributed by atoms with Crippen LogP contribution in [0.4, 0.5) is 11.8 Å². The predicted molar refractivity (Wildman–Crippen MR) is 66.3 cm³/mol. The molecule has 5 nitrogen and oxygen atoms in total. The zero-order chi connectivity index (χ0) is 11.7. The molecule has 3 rings (SSSR count). The van der Waals surface area contributed by atoms with Crippen molar-refractivity contribution in [3.05, 3.63) is 12.3 Å². The van der Waals surface area contributed by atoms with Gasteiger partial charge in [0.15, 0.2) is 0 Å². The van der Waals surface area contributed by atoms with Crippen molar-refractivity contribution in [1.82, 2.24) is 9.97 Å². The highest BCUT2D eigenvalue weighted by Gasteiger charge is 2.34. The second-order valence-corrected chi connectivity index (χ2v) is 4.63. The fourth-order valence-corrected chi connectivity index (χ4v) is 2.57. The van der Waals surface area contributed by atoms with E-state index >= 15 is 0 Å². The predicted octanol–water partition coefficient (Wildman–Crippen LogP) is 1.28. The minimum Gasteiger partial charge on any atom is -0.371 e. The summed E-state index contributed by atoms with van der Waals surface area (Å²) in [6.45, 7) is 4.81. The van der Waals surface area contributed by atoms with Gasteiger partial charge in [-0.15, -0.1) is 0 Å². The van der Waals surface area contributed by atoms with E-state index in [1.54, 1.807) is 0 Å². The first-order chi connectivity index (χ1) is 8.35. The van der Waals surface area contributed by atoms with Gasteiger partial charge in [0.05, 0.1) is 12.2 Å². The van der Waals surface area contributed by atoms with Gasteiger partial charge in [-0.25, -0.2) is 4.98 Å². The second-order valence-electron chi connectivity index (χ2n) is 4.63. The molecule has 2 fully saturated rings. The average molecular weight is 234 g/mol. The molecule has 0 amide bonds. The normalized spacial score (nSPS) is 27.2. The van der Waals surface area contributed by atoms with Crippen molar-refractivity contribution < 1.29 is 4.74 Å². The van der Waals surface area contributed by atoms with Gasteiger partial charge >= 0.3 is 0 Å². The van der Waals surface area contributed by atoms with Crippen LogP contribution in [-0.2, 0) is 4.74 Å². The summed E-state index contributed by atoms with van der Waals surface area (Å²) in [7, 11) is 0. The van der Waals surface area contributed by atoms with E-state index in [9.17, 15) is 0 Å². The molecule has 2 aliphatic rings. The minimum absolute atomic E-state index is 0.395. The molecule has 5 heteroatoms. The molecule has 0 radical (unpaired) electrons. The number of hydrogen-bond donors (Lipinski definition) is 1. The number of nitrogens with one attached hydrogen (secondary N) is 1. The van der Waals surface area contributed by atoms with E-state index in [1.165, 1.54) is 12.8 Å². The topological polar surface area (TPSA) is 50.3 Å². The number of fused-ring (bicyclic) bond motifs is 2. The molecule has 1 aromatic heterocycles. The van der Waals surface area contributed by atoms with E-state index in [0.29, 0.717) is 18.2 Å². The Morgan fingerprint density at radius 3 is 2.88 bits per heavy atom. The van der Waals surface area contributed by atoms with Crippen LogP contribution in [0.25, 0.3) is 0 Å². The van der Waals surface area contributed by atoms with Crippen LogP contribution in [0.15, 0.2) is 12.3 Å². The Kier molecular flexibility index (Phi) is 2.84. The fourth-order valence-electron chi connectivity index (χ4n) is 2.57. The molecular formula is C12H18N4O. The maximum atomic E-state index is 5.83. The smallest absolute Gasteiger partial charge is 0.224 e. The van der Waals surface area contributed by atoms with Crippen LogP contribution in [0.3, 0.4) is 0 Å². The summed E-state index contributed by atoms with van der Waals surface area (Å²) in [5, 5.41) is 3.14. The van der Waals surface area contributed by atoms with Gasteiger partial charge in [0, 0.05) is 25.8 Å². The Morgan fingerprint density at radius 2 is 2.18 bits per heavy atom. The lowest BCUT2D eigenvalue weighted by atomic mass is 10.2. The number of anilines is 2. The maximum Gasteiger partial charge on any atom is 0.224 e. The van der Waals surface area contributed by atoms with Crippen LogP contribution in [-0.4, -0.2) is 41.8 Å². The molecule has 2 bridgehead atoms. The van der Waals surface area contributed by atoms with Crippen molar-refractivity contribution in [2.45, 2.75) is 32.0 Å². The van der Waals surface area contributed by atoms with E-state index in [0.717, 1.165) is 25.5 Å². The molecule has 1 aromatic rings. The van der Waals surface area contributed by atoms with Crippen LogP contribution >= 0.6 is 0 Å². The summed E-state index contributed by atoms with van der Waals surface area (Å²) in [4.78, 5) is 11.0. The Balaban J connectivity index is 1.77. The van der Waals surface area contributed by atoms with Crippen molar-refractivity contribution in [2.75, 3.05) is 29.9 Å². The van der Waals surface area contributed by atoms with Crippen LogP contribution in [0, 0.1) is 0 Å². The van der Waals surface area contributed by atoms with E-state index in [2.05, 4.69) is 20.2 Å². The van der Waals surface area contributed by atoms with Crippen LogP contribution < -0.4 is 10.2 Å². The number of aromatic nitrogens is 2. The van der Waals surface area contributed by atoms with Crippen molar-refractivity contribution in [3.8, 4) is 0 Å². The number of rotatable bonds is 3. The van der Waals surface area contributed by atoms with Crippen LogP contribution in [0.1, 0.15) is 19.8 Å². The Labute approximate surface area is 101 Å². The van der Waals surface area contributed by atoms with Gasteiger partial charge in [0.2, 0.25) is 5.95 Å². The Morgan fingerprint density at radius 1 is 1.41 bits per heavy atom. The van der Waals surface area contributed by atoms with Crippen molar-refractivity contribution in [2.24, 2.45) is 0 Å². The standard InChI is InChI=1S/C12H18N4O/c1-2-13-12-14-6-5-11(15-12)16-7-9-3-4-10(8-16)17-9/h5-6,9-10H,2-4,7-8H2,1H3,(H,13,14,15). The number of nitrogens with zero attached hydrogens (tertiary/aromatic N) is 3. The molecule has 3 heterocycles. The Bertz CT molecular complexity index is 386. The largest absolute Gasteiger partial charge is 0.371 e. The Hall–Kier alpha value is -1.36. The van der Waals surface area contributed by atoms with E-state index in [-0.39, 0.29) is 0 Å². The third-order valence-electron chi connectivity index (χ3n) is 3.34. The second kappa shape index (κ2) is 4.49. The third-order valence-corrected chi connectivity index (χ3v) is 3.34. The molecule has 1 N–H and O–H groups in total. The molecule has 2 aliphatic heterocycles. The summed E-state index contributed by atoms with van der Waals surface area (Å²) >= 11 is 0. The van der Waals surface area contributed by atoms with Gasteiger partial charge in [-0.3, -0.25) is 0 Å². The minimum atomic E-state index is 0.395. The molecular weight excluding hydrogens is 216 g/mol. The van der Waals surface area contributed by atoms with Gasteiger partial charge in [0.25, 0.3) is 0 Å². The highest BCUT2D eigenvalue weighted by molar-refractivity contribution is 5.43. The van der Waals surface area contributed by atoms with Crippen LogP contribution in [0.5, 0.6) is 0 Å². The maximum absolute atomic E-state index is 5.83. The number of morpholine rings is 1. The quantitative estimate of drug-likeness (QED) is 0.853. The van der Waals surface area contributed by atoms with Gasteiger partial charge < -0.3 is 15.0 Å². The van der Waals surface area contributed by atoms with E-state index in [4.69, 9.17) is 4.74 Å². The summed E-state index contributed by atoms with van der Waals surface area (Å²) in [6, 6.07) is 1.98. The zero-order valence-electron chi connectivity index (χ0n) is 10.1. The summed E-state index contributed by atoms with van der Waals surface area (Å²) in [5.41, 5.74) is 0. The van der Waals surface area contributed by atoms with Gasteiger partial charge in [-0.1, -0.05) is 0 Å². The molecule has 0 aromatic carbocycles. The lowest BCUT2D eigenvalue weighted by Crippen LogP contribution is -2.43. The van der Waals surface area contributed by atoms with Crippen molar-refractivity contribution >= 4 is 11.8 Å². The third kappa shape index (κ3) is 2.20. The highest BCUT2D eigenvalue weighted by Crippen LogP contribution is 2.28. The monoisotopic (exact) mass is 234 g/mol. The first kappa shape index (κ1) is 10.8. The average Bonchev–Trinajstić information content (AvgIpc) is 2.69. The molecule has 92 valence electrons. The molecule has 2 atom stereocenters. The van der Waals surface area contributed by atoms with Gasteiger partial charge in [-0.2, -0.15) is 4.98 Å². The molecule has 2 saturated heterocycles. The first-order valence-electron chi connectivity index (χ1n) is 6.32. The van der Waals surface area contributed by atoms with Gasteiger partial charge in [0.1, 0.15) is 5.82 Å². The molecule has 0 spiro atoms. The fraction of sp³-hybridized carbons (Fsp3) is 0.667. The molecule has 0 aliphatic carbocycles. The van der Waals surface area contributed by atoms with Crippen molar-refractivity contribution in [3.63, 3.8) is 0 Å². The summed E-state index contributed by atoms with van der Waals surface area (Å²) in [6.07, 6.45) is 4.98. The van der Waals surface area contributed by atoms with Crippen LogP contribution in [0.2, 0.25) is 0 Å². The van der Waals surface area contributed by atoms with E-state index < -0.39 is 0 Å². The highest BCUT2D eigenvalue weighted by atomic mass is 16.5. The number of ether oxygens (including phenoxy) is 1. The molecule has 17 heavy (non-hydrogen) atoms. The van der Waals surface area contributed by atoms with Crippen molar-refractivity contribution in [1.29, 1.82) is 0 Å². The molecule has 2 unspecified atom stereocenters. The van der Waals surface area contributed by atoms with Gasteiger partial charge in [-0.05, 0) is 25.8 Å². The number of hydrogen-bond acceptors (Lipinski definition) is 5. The summed E-state index contributed by atoms with van der Waals surface area (Å²) < 4.78 is 5.83. The lowest BCUT2D eigenvalue weighted by Gasteiger charge is -2.32. The first-order valence-corrected chi connectivity index (χ1v) is 6.32. The van der Waals surface area contributed by atoms with E-state index in [1.807, 2.05) is 19.2 Å².